The molecule has 9 heteroatoms. The number of halogens is 2. The molecular formula is C18H23ClFN5O2. The van der Waals surface area contributed by atoms with E-state index in [1.54, 1.807) is 26.1 Å². The molecule has 27 heavy (non-hydrogen) atoms. The van der Waals surface area contributed by atoms with E-state index in [0.29, 0.717) is 29.6 Å². The van der Waals surface area contributed by atoms with Crippen LogP contribution in [0.3, 0.4) is 0 Å². The van der Waals surface area contributed by atoms with Crippen LogP contribution in [0.1, 0.15) is 25.3 Å². The van der Waals surface area contributed by atoms with Crippen molar-refractivity contribution in [2.45, 2.75) is 31.8 Å². The molecule has 2 saturated heterocycles. The topological polar surface area (TPSA) is 85.8 Å². The van der Waals surface area contributed by atoms with Crippen LogP contribution in [-0.4, -0.2) is 48.5 Å². The minimum Gasteiger partial charge on any atom is -0.352 e. The van der Waals surface area contributed by atoms with Crippen LogP contribution in [0.5, 0.6) is 0 Å². The Bertz CT molecular complexity index is 759. The van der Waals surface area contributed by atoms with Crippen molar-refractivity contribution in [1.82, 2.24) is 20.9 Å². The summed E-state index contributed by atoms with van der Waals surface area (Å²) in [5, 5.41) is 8.58. The van der Waals surface area contributed by atoms with Gasteiger partial charge in [-0.05, 0) is 37.8 Å². The highest BCUT2D eigenvalue weighted by Gasteiger charge is 2.48. The number of piperidine rings is 1. The van der Waals surface area contributed by atoms with E-state index >= 15 is 0 Å². The van der Waals surface area contributed by atoms with E-state index in [2.05, 4.69) is 25.8 Å². The van der Waals surface area contributed by atoms with Crippen LogP contribution in [0.15, 0.2) is 23.2 Å². The van der Waals surface area contributed by atoms with Crippen molar-refractivity contribution < 1.29 is 14.0 Å². The minimum absolute atomic E-state index is 0.0410. The van der Waals surface area contributed by atoms with E-state index in [-0.39, 0.29) is 24.2 Å². The number of carbonyl (C=O) groups is 2. The molecule has 0 radical (unpaired) electrons. The maximum absolute atomic E-state index is 13.9. The van der Waals surface area contributed by atoms with Gasteiger partial charge in [0.25, 0.3) is 5.91 Å². The van der Waals surface area contributed by atoms with E-state index in [0.717, 1.165) is 12.8 Å². The molecule has 146 valence electrons. The largest absolute Gasteiger partial charge is 0.352 e. The first-order valence-electron chi connectivity index (χ1n) is 8.87. The average Bonchev–Trinajstić information content (AvgIpc) is 2.91. The molecule has 3 N–H and O–H groups in total. The van der Waals surface area contributed by atoms with Crippen molar-refractivity contribution in [1.29, 1.82) is 0 Å². The SMILES string of the molecule is CN=C(NCc1c(F)cccc1Cl)N1CCC(C2(C)NC(=O)NC2=O)CC1. The monoisotopic (exact) mass is 395 g/mol. The normalized spacial score (nSPS) is 24.0. The fourth-order valence-corrected chi connectivity index (χ4v) is 3.94. The number of carbonyl (C=O) groups excluding carboxylic acids is 2. The summed E-state index contributed by atoms with van der Waals surface area (Å²) in [5.74, 6) is 0.0554. The summed E-state index contributed by atoms with van der Waals surface area (Å²) in [6.45, 7) is 3.34. The number of urea groups is 1. The highest BCUT2D eigenvalue weighted by molar-refractivity contribution is 6.31. The first-order valence-corrected chi connectivity index (χ1v) is 9.25. The van der Waals surface area contributed by atoms with Crippen LogP contribution in [0.4, 0.5) is 9.18 Å². The minimum atomic E-state index is -0.874. The van der Waals surface area contributed by atoms with E-state index in [1.807, 2.05) is 0 Å². The maximum atomic E-state index is 13.9. The first-order chi connectivity index (χ1) is 12.8. The van der Waals surface area contributed by atoms with Gasteiger partial charge >= 0.3 is 6.03 Å². The second-order valence-electron chi connectivity index (χ2n) is 6.97. The van der Waals surface area contributed by atoms with Crippen molar-refractivity contribution in [3.63, 3.8) is 0 Å². The zero-order chi connectivity index (χ0) is 19.6. The Kier molecular flexibility index (Phi) is 5.55. The van der Waals surface area contributed by atoms with Gasteiger partial charge < -0.3 is 15.5 Å². The Morgan fingerprint density at radius 3 is 2.67 bits per heavy atom. The molecular weight excluding hydrogens is 373 g/mol. The van der Waals surface area contributed by atoms with E-state index in [9.17, 15) is 14.0 Å². The van der Waals surface area contributed by atoms with Crippen LogP contribution in [-0.2, 0) is 11.3 Å². The molecule has 1 aromatic carbocycles. The van der Waals surface area contributed by atoms with Gasteiger partial charge in [-0.2, -0.15) is 0 Å². The third-order valence-corrected chi connectivity index (χ3v) is 5.73. The number of likely N-dealkylation sites (tertiary alicyclic amines) is 1. The number of nitrogens with zero attached hydrogens (tertiary/aromatic N) is 2. The Labute approximate surface area is 162 Å². The lowest BCUT2D eigenvalue weighted by molar-refractivity contribution is -0.125. The van der Waals surface area contributed by atoms with Crippen LogP contribution in [0, 0.1) is 11.7 Å². The third kappa shape index (κ3) is 3.85. The van der Waals surface area contributed by atoms with Gasteiger partial charge in [0.2, 0.25) is 0 Å². The van der Waals surface area contributed by atoms with Gasteiger partial charge in [-0.25, -0.2) is 9.18 Å². The fraction of sp³-hybridized carbons (Fsp3) is 0.500. The lowest BCUT2D eigenvalue weighted by Crippen LogP contribution is -2.55. The highest BCUT2D eigenvalue weighted by Crippen LogP contribution is 2.30. The first kappa shape index (κ1) is 19.4. The molecule has 2 heterocycles. The molecule has 0 saturated carbocycles. The number of aliphatic imine (C=N–C) groups is 1. The highest BCUT2D eigenvalue weighted by atomic mass is 35.5. The molecule has 0 aromatic heterocycles. The number of rotatable bonds is 3. The zero-order valence-corrected chi connectivity index (χ0v) is 16.1. The fourth-order valence-electron chi connectivity index (χ4n) is 3.71. The van der Waals surface area contributed by atoms with E-state index in [1.165, 1.54) is 6.07 Å². The van der Waals surface area contributed by atoms with Crippen molar-refractivity contribution in [3.05, 3.63) is 34.6 Å². The van der Waals surface area contributed by atoms with Gasteiger partial charge in [0.15, 0.2) is 5.96 Å². The average molecular weight is 396 g/mol. The number of imide groups is 1. The third-order valence-electron chi connectivity index (χ3n) is 5.38. The van der Waals surface area contributed by atoms with E-state index < -0.39 is 11.6 Å². The van der Waals surface area contributed by atoms with Gasteiger partial charge in [0.05, 0.1) is 0 Å². The number of hydrogen-bond acceptors (Lipinski definition) is 3. The Morgan fingerprint density at radius 2 is 2.11 bits per heavy atom. The zero-order valence-electron chi connectivity index (χ0n) is 15.3. The quantitative estimate of drug-likeness (QED) is 0.414. The summed E-state index contributed by atoms with van der Waals surface area (Å²) in [6.07, 6.45) is 1.46. The Hall–Kier alpha value is -2.35. The van der Waals surface area contributed by atoms with Crippen molar-refractivity contribution in [3.8, 4) is 0 Å². The molecule has 1 atom stereocenters. The van der Waals surface area contributed by atoms with Gasteiger partial charge in [-0.15, -0.1) is 0 Å². The van der Waals surface area contributed by atoms with Gasteiger partial charge in [0, 0.05) is 37.3 Å². The molecule has 0 bridgehead atoms. The molecule has 1 aromatic rings. The number of benzene rings is 1. The molecule has 2 aliphatic rings. The summed E-state index contributed by atoms with van der Waals surface area (Å²) in [7, 11) is 1.67. The lowest BCUT2D eigenvalue weighted by Gasteiger charge is -2.39. The second kappa shape index (κ2) is 7.72. The molecule has 2 fully saturated rings. The van der Waals surface area contributed by atoms with Crippen LogP contribution in [0.2, 0.25) is 5.02 Å². The summed E-state index contributed by atoms with van der Waals surface area (Å²) in [6, 6.07) is 4.15. The van der Waals surface area contributed by atoms with E-state index in [4.69, 9.17) is 11.6 Å². The summed E-state index contributed by atoms with van der Waals surface area (Å²) in [5.41, 5.74) is -0.478. The smallest absolute Gasteiger partial charge is 0.322 e. The Balaban J connectivity index is 1.59. The van der Waals surface area contributed by atoms with Gasteiger partial charge in [-0.3, -0.25) is 15.1 Å². The van der Waals surface area contributed by atoms with Crippen molar-refractivity contribution >= 4 is 29.5 Å². The van der Waals surface area contributed by atoms with Crippen LogP contribution in [0.25, 0.3) is 0 Å². The summed E-state index contributed by atoms with van der Waals surface area (Å²) in [4.78, 5) is 29.9. The van der Waals surface area contributed by atoms with Crippen molar-refractivity contribution in [2.24, 2.45) is 10.9 Å². The van der Waals surface area contributed by atoms with Crippen molar-refractivity contribution in [2.75, 3.05) is 20.1 Å². The predicted molar refractivity (Wildman–Crippen MR) is 101 cm³/mol. The van der Waals surface area contributed by atoms with Crippen LogP contribution >= 0.6 is 11.6 Å². The standard InChI is InChI=1S/C18H23ClFN5O2/c1-18(15(26)23-17(27)24-18)11-6-8-25(9-7-11)16(21-2)22-10-12-13(19)4-3-5-14(12)20/h3-5,11H,6-10H2,1-2H3,(H,21,22)(H2,23,24,26,27). The number of hydrogen-bond donors (Lipinski definition) is 3. The molecule has 0 aliphatic carbocycles. The molecule has 7 nitrogen and oxygen atoms in total. The number of amides is 3. The predicted octanol–water partition coefficient (Wildman–Crippen LogP) is 1.86. The second-order valence-corrected chi connectivity index (χ2v) is 7.38. The molecule has 0 spiro atoms. The van der Waals surface area contributed by atoms with Gasteiger partial charge in [0.1, 0.15) is 11.4 Å². The lowest BCUT2D eigenvalue weighted by atomic mass is 9.79. The molecule has 1 unspecified atom stereocenters. The summed E-state index contributed by atoms with van der Waals surface area (Å²) >= 11 is 6.07. The molecule has 2 aliphatic heterocycles. The Morgan fingerprint density at radius 1 is 1.41 bits per heavy atom. The van der Waals surface area contributed by atoms with Crippen LogP contribution < -0.4 is 16.0 Å². The number of nitrogens with one attached hydrogen (secondary N) is 3. The molecule has 3 amide bonds. The summed E-state index contributed by atoms with van der Waals surface area (Å²) < 4.78 is 13.9. The van der Waals surface area contributed by atoms with Gasteiger partial charge in [-0.1, -0.05) is 17.7 Å². The number of guanidine groups is 1. The maximum Gasteiger partial charge on any atom is 0.322 e. The molecule has 3 rings (SSSR count).